The average molecular weight is 473 g/mol. The van der Waals surface area contributed by atoms with Crippen molar-refractivity contribution in [3.05, 3.63) is 35.4 Å². The molecule has 0 saturated heterocycles. The Hall–Kier alpha value is -3.95. The van der Waals surface area contributed by atoms with Crippen LogP contribution in [0.2, 0.25) is 0 Å². The minimum absolute atomic E-state index is 0.0250. The molecule has 2 aromatic rings. The fourth-order valence-corrected chi connectivity index (χ4v) is 3.24. The molecule has 0 bridgehead atoms. The summed E-state index contributed by atoms with van der Waals surface area (Å²) in [5, 5.41) is 2.58. The zero-order chi connectivity index (χ0) is 24.7. The van der Waals surface area contributed by atoms with Crippen molar-refractivity contribution >= 4 is 23.3 Å². The molecule has 10 nitrogen and oxygen atoms in total. The van der Waals surface area contributed by atoms with E-state index in [-0.39, 0.29) is 29.4 Å². The highest BCUT2D eigenvalue weighted by Crippen LogP contribution is 2.39. The summed E-state index contributed by atoms with van der Waals surface area (Å²) in [6.45, 7) is 7.32. The van der Waals surface area contributed by atoms with Crippen LogP contribution in [0.25, 0.3) is 0 Å². The smallest absolute Gasteiger partial charge is 0.338 e. The molecular formula is C24H27NO9. The average Bonchev–Trinajstić information content (AvgIpc) is 3.26. The Labute approximate surface area is 197 Å². The second-order valence-electron chi connectivity index (χ2n) is 7.03. The third kappa shape index (κ3) is 5.69. The van der Waals surface area contributed by atoms with E-state index in [0.29, 0.717) is 48.6 Å². The van der Waals surface area contributed by atoms with Crippen molar-refractivity contribution in [2.75, 3.05) is 38.5 Å². The molecule has 1 aliphatic rings. The van der Waals surface area contributed by atoms with Crippen LogP contribution in [0, 0.1) is 0 Å². The van der Waals surface area contributed by atoms with Crippen molar-refractivity contribution in [2.45, 2.75) is 27.7 Å². The fraction of sp³-hybridized carbons (Fsp3) is 0.375. The van der Waals surface area contributed by atoms with Gasteiger partial charge in [0.15, 0.2) is 35.4 Å². The molecule has 1 amide bonds. The van der Waals surface area contributed by atoms with Gasteiger partial charge in [-0.2, -0.15) is 0 Å². The molecule has 0 aliphatic carbocycles. The topological polar surface area (TPSA) is 119 Å². The number of carbonyl (C=O) groups is 3. The van der Waals surface area contributed by atoms with Gasteiger partial charge in [-0.15, -0.1) is 0 Å². The molecule has 0 fully saturated rings. The van der Waals surface area contributed by atoms with Gasteiger partial charge in [-0.1, -0.05) is 0 Å². The Balaban J connectivity index is 1.73. The van der Waals surface area contributed by atoms with Gasteiger partial charge in [0.2, 0.25) is 12.5 Å². The third-order valence-corrected chi connectivity index (χ3v) is 4.65. The maximum absolute atomic E-state index is 12.7. The molecule has 0 spiro atoms. The van der Waals surface area contributed by atoms with Crippen LogP contribution in [0.3, 0.4) is 0 Å². The zero-order valence-electron chi connectivity index (χ0n) is 19.5. The molecule has 1 aliphatic heterocycles. The first kappa shape index (κ1) is 24.7. The number of anilines is 1. The lowest BCUT2D eigenvalue weighted by Crippen LogP contribution is -2.22. The van der Waals surface area contributed by atoms with Gasteiger partial charge in [0, 0.05) is 11.6 Å². The molecule has 0 saturated carbocycles. The van der Waals surface area contributed by atoms with E-state index in [4.69, 9.17) is 28.4 Å². The van der Waals surface area contributed by atoms with E-state index < -0.39 is 18.5 Å². The van der Waals surface area contributed by atoms with E-state index in [1.807, 2.05) is 6.92 Å². The molecule has 1 N–H and O–H groups in total. The Morgan fingerprint density at radius 1 is 0.882 bits per heavy atom. The molecule has 1 heterocycles. The predicted octanol–water partition coefficient (Wildman–Crippen LogP) is 3.61. The van der Waals surface area contributed by atoms with E-state index in [9.17, 15) is 14.4 Å². The molecule has 2 aromatic carbocycles. The lowest BCUT2D eigenvalue weighted by Gasteiger charge is -2.17. The van der Waals surface area contributed by atoms with Crippen molar-refractivity contribution in [1.82, 2.24) is 0 Å². The number of ketones is 1. The summed E-state index contributed by atoms with van der Waals surface area (Å²) >= 11 is 0. The van der Waals surface area contributed by atoms with Crippen LogP contribution in [0.5, 0.6) is 28.7 Å². The Morgan fingerprint density at radius 2 is 1.47 bits per heavy atom. The van der Waals surface area contributed by atoms with Crippen LogP contribution in [0.1, 0.15) is 48.4 Å². The van der Waals surface area contributed by atoms with Crippen LogP contribution < -0.4 is 29.0 Å². The molecule has 34 heavy (non-hydrogen) atoms. The second-order valence-corrected chi connectivity index (χ2v) is 7.03. The van der Waals surface area contributed by atoms with Gasteiger partial charge in [-0.25, -0.2) is 4.79 Å². The molecule has 10 heteroatoms. The number of amides is 1. The minimum atomic E-state index is -0.752. The van der Waals surface area contributed by atoms with Crippen LogP contribution in [-0.4, -0.2) is 50.9 Å². The molecule has 0 atom stereocenters. The van der Waals surface area contributed by atoms with Gasteiger partial charge in [0.25, 0.3) is 5.91 Å². The van der Waals surface area contributed by atoms with Crippen LogP contribution >= 0.6 is 0 Å². The number of nitrogens with one attached hydrogen (secondary N) is 1. The molecule has 3 rings (SSSR count). The van der Waals surface area contributed by atoms with Crippen molar-refractivity contribution < 1.29 is 42.8 Å². The van der Waals surface area contributed by atoms with Crippen molar-refractivity contribution in [3.8, 4) is 28.7 Å². The van der Waals surface area contributed by atoms with E-state index in [1.54, 1.807) is 13.8 Å². The van der Waals surface area contributed by atoms with Gasteiger partial charge in [-0.3, -0.25) is 9.59 Å². The molecule has 0 aromatic heterocycles. The lowest BCUT2D eigenvalue weighted by atomic mass is 10.1. The van der Waals surface area contributed by atoms with Gasteiger partial charge >= 0.3 is 5.97 Å². The van der Waals surface area contributed by atoms with E-state index in [2.05, 4.69) is 5.32 Å². The second kappa shape index (κ2) is 11.3. The summed E-state index contributed by atoms with van der Waals surface area (Å²) in [5.41, 5.74) is 0.616. The number of Topliss-reactive ketones (excluding diaryl/α,β-unsaturated/α-hetero) is 1. The van der Waals surface area contributed by atoms with Gasteiger partial charge in [0.05, 0.1) is 31.1 Å². The summed E-state index contributed by atoms with van der Waals surface area (Å²) < 4.78 is 32.6. The maximum Gasteiger partial charge on any atom is 0.338 e. The first-order chi connectivity index (χ1) is 16.4. The number of hydrogen-bond donors (Lipinski definition) is 1. The summed E-state index contributed by atoms with van der Waals surface area (Å²) in [7, 11) is 0. The van der Waals surface area contributed by atoms with Gasteiger partial charge in [0.1, 0.15) is 0 Å². The summed E-state index contributed by atoms with van der Waals surface area (Å²) in [5.74, 6) is 0.218. The van der Waals surface area contributed by atoms with Gasteiger partial charge in [-0.05, 0) is 45.9 Å². The number of carbonyl (C=O) groups excluding carboxylic acids is 3. The van der Waals surface area contributed by atoms with Crippen molar-refractivity contribution in [1.29, 1.82) is 0 Å². The number of benzene rings is 2. The lowest BCUT2D eigenvalue weighted by molar-refractivity contribution is -0.119. The number of ether oxygens (including phenoxy) is 6. The molecular weight excluding hydrogens is 446 g/mol. The van der Waals surface area contributed by atoms with Crippen molar-refractivity contribution in [2.24, 2.45) is 0 Å². The summed E-state index contributed by atoms with van der Waals surface area (Å²) in [4.78, 5) is 37.1. The van der Waals surface area contributed by atoms with E-state index in [0.717, 1.165) is 0 Å². The third-order valence-electron chi connectivity index (χ3n) is 4.65. The Kier molecular flexibility index (Phi) is 8.18. The SMILES string of the molecule is CCOc1cc(C(=O)OCC(=O)Nc2cc3c(cc2C(C)=O)OCO3)cc(OCC)c1OCC. The van der Waals surface area contributed by atoms with Gasteiger partial charge < -0.3 is 33.7 Å². The standard InChI is InChI=1S/C24H27NO9/c1-5-29-20-8-15(9-21(30-6-2)23(20)31-7-3)24(28)32-12-22(27)25-17-11-19-18(33-13-34-19)10-16(17)14(4)26/h8-11H,5-7,12-13H2,1-4H3,(H,25,27). The first-order valence-corrected chi connectivity index (χ1v) is 10.9. The minimum Gasteiger partial charge on any atom is -0.490 e. The number of hydrogen-bond acceptors (Lipinski definition) is 9. The maximum atomic E-state index is 12.7. The van der Waals surface area contributed by atoms with E-state index >= 15 is 0 Å². The van der Waals surface area contributed by atoms with Crippen LogP contribution in [0.15, 0.2) is 24.3 Å². The fourth-order valence-electron chi connectivity index (χ4n) is 3.24. The quantitative estimate of drug-likeness (QED) is 0.386. The van der Waals surface area contributed by atoms with E-state index in [1.165, 1.54) is 31.2 Å². The number of rotatable bonds is 11. The molecule has 182 valence electrons. The first-order valence-electron chi connectivity index (χ1n) is 10.9. The molecule has 0 radical (unpaired) electrons. The normalized spacial score (nSPS) is 11.5. The highest BCUT2D eigenvalue weighted by Gasteiger charge is 2.22. The van der Waals surface area contributed by atoms with Crippen LogP contribution in [0.4, 0.5) is 5.69 Å². The highest BCUT2D eigenvalue weighted by molar-refractivity contribution is 6.05. The van der Waals surface area contributed by atoms with Crippen molar-refractivity contribution in [3.63, 3.8) is 0 Å². The van der Waals surface area contributed by atoms with Crippen LogP contribution in [-0.2, 0) is 9.53 Å². The predicted molar refractivity (Wildman–Crippen MR) is 121 cm³/mol. The molecule has 0 unspecified atom stereocenters. The Morgan fingerprint density at radius 3 is 2.03 bits per heavy atom. The summed E-state index contributed by atoms with van der Waals surface area (Å²) in [6, 6.07) is 5.94. The monoisotopic (exact) mass is 473 g/mol. The summed E-state index contributed by atoms with van der Waals surface area (Å²) in [6.07, 6.45) is 0. The highest BCUT2D eigenvalue weighted by atomic mass is 16.7. The Bertz CT molecular complexity index is 1050. The largest absolute Gasteiger partial charge is 0.490 e. The number of fused-ring (bicyclic) bond motifs is 1. The number of esters is 1. The zero-order valence-corrected chi connectivity index (χ0v) is 19.5.